The summed E-state index contributed by atoms with van der Waals surface area (Å²) < 4.78 is 0. The number of nitrogens with zero attached hydrogens (tertiary/aromatic N) is 1. The van der Waals surface area contributed by atoms with Gasteiger partial charge in [-0.2, -0.15) is 0 Å². The Morgan fingerprint density at radius 2 is 2.18 bits per heavy atom. The van der Waals surface area contributed by atoms with Crippen LogP contribution in [0, 0.1) is 0 Å². The first-order valence-corrected chi connectivity index (χ1v) is 4.23. The summed E-state index contributed by atoms with van der Waals surface area (Å²) in [5.74, 6) is 0. The lowest BCUT2D eigenvalue weighted by molar-refractivity contribution is 0.0784. The highest BCUT2D eigenvalue weighted by molar-refractivity contribution is 4.88. The Morgan fingerprint density at radius 1 is 1.64 bits per heavy atom. The monoisotopic (exact) mass is 158 g/mol. The zero-order valence-corrected chi connectivity index (χ0v) is 7.33. The van der Waals surface area contributed by atoms with Crippen molar-refractivity contribution in [2.75, 3.05) is 13.6 Å². The van der Waals surface area contributed by atoms with Gasteiger partial charge in [0.25, 0.3) is 0 Å². The van der Waals surface area contributed by atoms with E-state index in [-0.39, 0.29) is 6.10 Å². The van der Waals surface area contributed by atoms with E-state index >= 15 is 0 Å². The second-order valence-corrected chi connectivity index (χ2v) is 3.67. The first kappa shape index (κ1) is 8.97. The van der Waals surface area contributed by atoms with Crippen molar-refractivity contribution in [2.24, 2.45) is 5.73 Å². The van der Waals surface area contributed by atoms with Crippen molar-refractivity contribution in [2.45, 2.75) is 38.0 Å². The molecule has 11 heavy (non-hydrogen) atoms. The Morgan fingerprint density at radius 3 is 2.55 bits per heavy atom. The number of likely N-dealkylation sites (N-methyl/N-ethyl adjacent to an activating group) is 1. The van der Waals surface area contributed by atoms with Crippen LogP contribution in [0.2, 0.25) is 0 Å². The van der Waals surface area contributed by atoms with Crippen LogP contribution in [0.3, 0.4) is 0 Å². The molecule has 1 rings (SSSR count). The second-order valence-electron chi connectivity index (χ2n) is 3.67. The highest BCUT2D eigenvalue weighted by atomic mass is 16.3. The summed E-state index contributed by atoms with van der Waals surface area (Å²) in [5, 5.41) is 9.08. The van der Waals surface area contributed by atoms with Crippen LogP contribution in [0.5, 0.6) is 0 Å². The molecule has 0 radical (unpaired) electrons. The Balaban J connectivity index is 2.16. The van der Waals surface area contributed by atoms with Gasteiger partial charge in [0.1, 0.15) is 0 Å². The quantitative estimate of drug-likeness (QED) is 0.597. The average molecular weight is 158 g/mol. The summed E-state index contributed by atoms with van der Waals surface area (Å²) >= 11 is 0. The minimum Gasteiger partial charge on any atom is -0.392 e. The summed E-state index contributed by atoms with van der Waals surface area (Å²) in [5.41, 5.74) is 5.65. The van der Waals surface area contributed by atoms with Crippen molar-refractivity contribution in [3.05, 3.63) is 0 Å². The van der Waals surface area contributed by atoms with Gasteiger partial charge in [0.2, 0.25) is 0 Å². The number of hydrogen-bond acceptors (Lipinski definition) is 3. The molecule has 0 aromatic rings. The van der Waals surface area contributed by atoms with Crippen LogP contribution in [-0.2, 0) is 0 Å². The van der Waals surface area contributed by atoms with Gasteiger partial charge in [-0.1, -0.05) is 0 Å². The molecule has 0 spiro atoms. The largest absolute Gasteiger partial charge is 0.392 e. The van der Waals surface area contributed by atoms with Crippen molar-refractivity contribution in [1.82, 2.24) is 4.90 Å². The Bertz CT molecular complexity index is 121. The highest BCUT2D eigenvalue weighted by Crippen LogP contribution is 2.22. The fourth-order valence-electron chi connectivity index (χ4n) is 1.56. The molecule has 1 unspecified atom stereocenters. The van der Waals surface area contributed by atoms with Gasteiger partial charge in [-0.3, -0.25) is 0 Å². The molecular weight excluding hydrogens is 140 g/mol. The molecule has 0 amide bonds. The lowest BCUT2D eigenvalue weighted by Gasteiger charge is -2.39. The molecule has 0 bridgehead atoms. The normalized spacial score (nSPS) is 33.5. The molecule has 1 atom stereocenters. The molecule has 1 saturated carbocycles. The van der Waals surface area contributed by atoms with E-state index in [1.165, 1.54) is 0 Å². The SMILES string of the molecule is CC(O)CN(C)C1CC(N)C1. The van der Waals surface area contributed by atoms with E-state index in [2.05, 4.69) is 4.90 Å². The average Bonchev–Trinajstić information content (AvgIpc) is 1.79. The molecular formula is C8H18N2O. The van der Waals surface area contributed by atoms with E-state index in [1.54, 1.807) is 0 Å². The number of aliphatic hydroxyl groups is 1. The summed E-state index contributed by atoms with van der Waals surface area (Å²) in [4.78, 5) is 2.19. The summed E-state index contributed by atoms with van der Waals surface area (Å²) in [7, 11) is 2.04. The zero-order chi connectivity index (χ0) is 8.43. The number of aliphatic hydroxyl groups excluding tert-OH is 1. The van der Waals surface area contributed by atoms with E-state index in [0.29, 0.717) is 12.1 Å². The van der Waals surface area contributed by atoms with Crippen LogP contribution in [0.1, 0.15) is 19.8 Å². The van der Waals surface area contributed by atoms with Crippen LogP contribution in [0.15, 0.2) is 0 Å². The number of hydrogen-bond donors (Lipinski definition) is 2. The van der Waals surface area contributed by atoms with Gasteiger partial charge in [-0.05, 0) is 26.8 Å². The Kier molecular flexibility index (Phi) is 2.87. The Labute approximate surface area is 68.2 Å². The molecule has 3 heteroatoms. The van der Waals surface area contributed by atoms with Gasteiger partial charge < -0.3 is 15.7 Å². The van der Waals surface area contributed by atoms with Crippen LogP contribution in [0.4, 0.5) is 0 Å². The topological polar surface area (TPSA) is 49.5 Å². The second kappa shape index (κ2) is 3.52. The highest BCUT2D eigenvalue weighted by Gasteiger charge is 2.29. The fourth-order valence-corrected chi connectivity index (χ4v) is 1.56. The van der Waals surface area contributed by atoms with Crippen LogP contribution in [0.25, 0.3) is 0 Å². The van der Waals surface area contributed by atoms with Crippen molar-refractivity contribution >= 4 is 0 Å². The third-order valence-corrected chi connectivity index (χ3v) is 2.33. The summed E-state index contributed by atoms with van der Waals surface area (Å²) in [6.07, 6.45) is 1.95. The van der Waals surface area contributed by atoms with E-state index in [0.717, 1.165) is 19.4 Å². The van der Waals surface area contributed by atoms with Crippen LogP contribution >= 0.6 is 0 Å². The maximum Gasteiger partial charge on any atom is 0.0639 e. The lowest BCUT2D eigenvalue weighted by atomic mass is 9.86. The predicted octanol–water partition coefficient (Wildman–Crippen LogP) is -0.211. The van der Waals surface area contributed by atoms with Crippen molar-refractivity contribution in [3.8, 4) is 0 Å². The molecule has 1 aliphatic carbocycles. The van der Waals surface area contributed by atoms with Gasteiger partial charge in [0, 0.05) is 18.6 Å². The molecule has 1 fully saturated rings. The smallest absolute Gasteiger partial charge is 0.0639 e. The first-order chi connectivity index (χ1) is 5.09. The molecule has 0 aliphatic heterocycles. The lowest BCUT2D eigenvalue weighted by Crippen LogP contribution is -2.50. The summed E-state index contributed by atoms with van der Waals surface area (Å²) in [6, 6.07) is 1.01. The van der Waals surface area contributed by atoms with E-state index < -0.39 is 0 Å². The molecule has 66 valence electrons. The van der Waals surface area contributed by atoms with Gasteiger partial charge in [0.05, 0.1) is 6.10 Å². The van der Waals surface area contributed by atoms with Gasteiger partial charge in [-0.15, -0.1) is 0 Å². The van der Waals surface area contributed by atoms with Crippen LogP contribution < -0.4 is 5.73 Å². The summed E-state index contributed by atoms with van der Waals surface area (Å²) in [6.45, 7) is 2.58. The van der Waals surface area contributed by atoms with E-state index in [9.17, 15) is 0 Å². The van der Waals surface area contributed by atoms with Gasteiger partial charge in [0.15, 0.2) is 0 Å². The zero-order valence-electron chi connectivity index (χ0n) is 7.33. The third kappa shape index (κ3) is 2.43. The molecule has 0 heterocycles. The maximum atomic E-state index is 9.08. The molecule has 0 aromatic carbocycles. The molecule has 0 saturated heterocycles. The Hall–Kier alpha value is -0.120. The number of rotatable bonds is 3. The van der Waals surface area contributed by atoms with E-state index in [1.807, 2.05) is 14.0 Å². The minimum absolute atomic E-state index is 0.225. The standard InChI is InChI=1S/C8H18N2O/c1-6(11)5-10(2)8-3-7(9)4-8/h6-8,11H,3-5,9H2,1-2H3. The molecule has 3 N–H and O–H groups in total. The third-order valence-electron chi connectivity index (χ3n) is 2.33. The number of nitrogens with two attached hydrogens (primary N) is 1. The van der Waals surface area contributed by atoms with Crippen molar-refractivity contribution in [3.63, 3.8) is 0 Å². The van der Waals surface area contributed by atoms with Gasteiger partial charge >= 0.3 is 0 Å². The van der Waals surface area contributed by atoms with Crippen LogP contribution in [-0.4, -0.2) is 41.8 Å². The molecule has 1 aliphatic rings. The van der Waals surface area contributed by atoms with Crippen molar-refractivity contribution < 1.29 is 5.11 Å². The maximum absolute atomic E-state index is 9.08. The predicted molar refractivity (Wildman–Crippen MR) is 45.3 cm³/mol. The van der Waals surface area contributed by atoms with Gasteiger partial charge in [-0.25, -0.2) is 0 Å². The minimum atomic E-state index is -0.225. The fraction of sp³-hybridized carbons (Fsp3) is 1.00. The van der Waals surface area contributed by atoms with Crippen molar-refractivity contribution in [1.29, 1.82) is 0 Å². The first-order valence-electron chi connectivity index (χ1n) is 4.23. The van der Waals surface area contributed by atoms with E-state index in [4.69, 9.17) is 10.8 Å². The molecule has 0 aromatic heterocycles. The molecule has 3 nitrogen and oxygen atoms in total.